The summed E-state index contributed by atoms with van der Waals surface area (Å²) in [5.41, 5.74) is 5.56. The first-order valence-corrected chi connectivity index (χ1v) is 6.62. The van der Waals surface area contributed by atoms with E-state index in [1.54, 1.807) is 0 Å². The van der Waals surface area contributed by atoms with Crippen molar-refractivity contribution in [1.29, 1.82) is 0 Å². The molecule has 2 rings (SSSR count). The number of carbonyl (C=O) groups excluding carboxylic acids is 1. The maximum absolute atomic E-state index is 12.4. The van der Waals surface area contributed by atoms with Crippen molar-refractivity contribution in [2.45, 2.75) is 19.4 Å². The lowest BCUT2D eigenvalue weighted by Gasteiger charge is -2.35. The maximum Gasteiger partial charge on any atom is 0.300 e. The van der Waals surface area contributed by atoms with Crippen LogP contribution in [0.1, 0.15) is 23.7 Å². The lowest BCUT2D eigenvalue weighted by molar-refractivity contribution is -0.385. The van der Waals surface area contributed by atoms with E-state index in [0.717, 1.165) is 12.6 Å². The molecule has 0 saturated carbocycles. The number of hydrogen-bond acceptors (Lipinski definition) is 5. The van der Waals surface area contributed by atoms with Crippen molar-refractivity contribution in [1.82, 2.24) is 9.88 Å². The molecule has 1 saturated heterocycles. The van der Waals surface area contributed by atoms with Crippen LogP contribution in [0.4, 0.5) is 5.69 Å². The molecule has 1 amide bonds. The summed E-state index contributed by atoms with van der Waals surface area (Å²) in [5.74, 6) is -0.0987. The fourth-order valence-corrected chi connectivity index (χ4v) is 2.35. The molecule has 1 fully saturated rings. The number of likely N-dealkylation sites (tertiary alicyclic amines) is 1. The molecule has 8 heteroatoms. The smallest absolute Gasteiger partial charge is 0.300 e. The number of piperidine rings is 1. The Morgan fingerprint density at radius 1 is 1.65 bits per heavy atom. The van der Waals surface area contributed by atoms with Gasteiger partial charge in [-0.15, -0.1) is 0 Å². The number of nitro groups is 1. The summed E-state index contributed by atoms with van der Waals surface area (Å²) >= 11 is 5.73. The molecule has 2 heterocycles. The van der Waals surface area contributed by atoms with E-state index < -0.39 is 10.8 Å². The van der Waals surface area contributed by atoms with Crippen LogP contribution in [-0.4, -0.2) is 39.8 Å². The van der Waals surface area contributed by atoms with Gasteiger partial charge < -0.3 is 10.6 Å². The summed E-state index contributed by atoms with van der Waals surface area (Å²) in [5, 5.41) is 11.0. The van der Waals surface area contributed by atoms with Crippen LogP contribution in [0.15, 0.2) is 12.3 Å². The molecular formula is C12H15ClN4O3. The predicted octanol–water partition coefficient (Wildman–Crippen LogP) is 1.45. The van der Waals surface area contributed by atoms with Crippen molar-refractivity contribution in [3.05, 3.63) is 33.1 Å². The number of aromatic nitrogens is 1. The van der Waals surface area contributed by atoms with Gasteiger partial charge in [0, 0.05) is 19.1 Å². The van der Waals surface area contributed by atoms with Gasteiger partial charge in [0.1, 0.15) is 16.9 Å². The number of carbonyl (C=O) groups is 1. The molecule has 0 radical (unpaired) electrons. The van der Waals surface area contributed by atoms with E-state index in [0.29, 0.717) is 19.0 Å². The molecule has 2 N–H and O–H groups in total. The van der Waals surface area contributed by atoms with Crippen LogP contribution in [0.3, 0.4) is 0 Å². The molecule has 0 bridgehead atoms. The van der Waals surface area contributed by atoms with Gasteiger partial charge in [-0.3, -0.25) is 14.9 Å². The Bertz CT molecular complexity index is 552. The summed E-state index contributed by atoms with van der Waals surface area (Å²) in [6.45, 7) is 2.94. The number of nitrogens with zero attached hydrogens (tertiary/aromatic N) is 3. The number of nitrogens with two attached hydrogens (primary N) is 1. The van der Waals surface area contributed by atoms with E-state index in [1.807, 2.05) is 6.92 Å². The van der Waals surface area contributed by atoms with Crippen molar-refractivity contribution < 1.29 is 9.72 Å². The first kappa shape index (κ1) is 14.7. The Balaban J connectivity index is 2.29. The summed E-state index contributed by atoms with van der Waals surface area (Å²) in [6.07, 6.45) is 1.78. The SMILES string of the molecule is CC1CCN(C(=O)c2cc(Cl)ncc2[N+](=O)[O-])CC1N. The van der Waals surface area contributed by atoms with E-state index in [1.165, 1.54) is 11.0 Å². The standard InChI is InChI=1S/C12H15ClN4O3/c1-7-2-3-16(6-9(7)14)12(18)8-4-11(13)15-5-10(8)17(19)20/h4-5,7,9H,2-3,6,14H2,1H3. The van der Waals surface area contributed by atoms with E-state index in [-0.39, 0.29) is 22.4 Å². The second-order valence-corrected chi connectivity index (χ2v) is 5.35. The first-order chi connectivity index (χ1) is 9.40. The number of pyridine rings is 1. The Morgan fingerprint density at radius 2 is 2.35 bits per heavy atom. The van der Waals surface area contributed by atoms with Crippen LogP contribution >= 0.6 is 11.6 Å². The van der Waals surface area contributed by atoms with Crippen LogP contribution in [0.25, 0.3) is 0 Å². The molecule has 108 valence electrons. The Hall–Kier alpha value is -1.73. The second-order valence-electron chi connectivity index (χ2n) is 4.96. The maximum atomic E-state index is 12.4. The van der Waals surface area contributed by atoms with Crippen molar-refractivity contribution in [2.75, 3.05) is 13.1 Å². The van der Waals surface area contributed by atoms with Crippen molar-refractivity contribution in [3.8, 4) is 0 Å². The van der Waals surface area contributed by atoms with Crippen LogP contribution in [0, 0.1) is 16.0 Å². The van der Waals surface area contributed by atoms with E-state index in [9.17, 15) is 14.9 Å². The molecule has 1 aliphatic rings. The quantitative estimate of drug-likeness (QED) is 0.506. The summed E-state index contributed by atoms with van der Waals surface area (Å²) < 4.78 is 0. The number of amides is 1. The molecule has 7 nitrogen and oxygen atoms in total. The van der Waals surface area contributed by atoms with Gasteiger partial charge in [-0.25, -0.2) is 4.98 Å². The minimum atomic E-state index is -0.636. The normalized spacial score (nSPS) is 22.6. The second kappa shape index (κ2) is 5.72. The molecule has 20 heavy (non-hydrogen) atoms. The minimum Gasteiger partial charge on any atom is -0.337 e. The fourth-order valence-electron chi connectivity index (χ4n) is 2.19. The zero-order valence-electron chi connectivity index (χ0n) is 11.0. The van der Waals surface area contributed by atoms with Crippen LogP contribution in [-0.2, 0) is 0 Å². The monoisotopic (exact) mass is 298 g/mol. The highest BCUT2D eigenvalue weighted by Crippen LogP contribution is 2.24. The van der Waals surface area contributed by atoms with Gasteiger partial charge in [0.15, 0.2) is 0 Å². The molecular weight excluding hydrogens is 284 g/mol. The zero-order chi connectivity index (χ0) is 14.9. The van der Waals surface area contributed by atoms with E-state index in [2.05, 4.69) is 4.98 Å². The summed E-state index contributed by atoms with van der Waals surface area (Å²) in [6, 6.07) is 1.11. The zero-order valence-corrected chi connectivity index (χ0v) is 11.7. The highest BCUT2D eigenvalue weighted by Gasteiger charge is 2.30. The average molecular weight is 299 g/mol. The number of halogens is 1. The third-order valence-corrected chi connectivity index (χ3v) is 3.79. The van der Waals surface area contributed by atoms with Gasteiger partial charge in [-0.2, -0.15) is 0 Å². The Kier molecular flexibility index (Phi) is 4.20. The van der Waals surface area contributed by atoms with E-state index in [4.69, 9.17) is 17.3 Å². The summed E-state index contributed by atoms with van der Waals surface area (Å²) in [7, 11) is 0. The molecule has 1 aromatic heterocycles. The van der Waals surface area contributed by atoms with Crippen LogP contribution in [0.2, 0.25) is 5.15 Å². The van der Waals surface area contributed by atoms with Gasteiger partial charge in [-0.05, 0) is 18.4 Å². The minimum absolute atomic E-state index is 0.0447. The molecule has 2 atom stereocenters. The van der Waals surface area contributed by atoms with Crippen LogP contribution < -0.4 is 5.73 Å². The molecule has 0 aliphatic carbocycles. The molecule has 2 unspecified atom stereocenters. The van der Waals surface area contributed by atoms with Crippen molar-refractivity contribution in [2.24, 2.45) is 11.7 Å². The number of rotatable bonds is 2. The lowest BCUT2D eigenvalue weighted by Crippen LogP contribution is -2.49. The molecule has 0 spiro atoms. The predicted molar refractivity (Wildman–Crippen MR) is 73.6 cm³/mol. The van der Waals surface area contributed by atoms with Crippen LogP contribution in [0.5, 0.6) is 0 Å². The Labute approximate surface area is 120 Å². The van der Waals surface area contributed by atoms with Gasteiger partial charge in [0.05, 0.1) is 4.92 Å². The largest absolute Gasteiger partial charge is 0.337 e. The van der Waals surface area contributed by atoms with Gasteiger partial charge in [-0.1, -0.05) is 18.5 Å². The highest BCUT2D eigenvalue weighted by molar-refractivity contribution is 6.29. The molecule has 1 aliphatic heterocycles. The molecule has 1 aromatic rings. The summed E-state index contributed by atoms with van der Waals surface area (Å²) in [4.78, 5) is 27.9. The molecule has 0 aromatic carbocycles. The highest BCUT2D eigenvalue weighted by atomic mass is 35.5. The third kappa shape index (κ3) is 2.88. The van der Waals surface area contributed by atoms with Crippen molar-refractivity contribution >= 4 is 23.2 Å². The van der Waals surface area contributed by atoms with Crippen molar-refractivity contribution in [3.63, 3.8) is 0 Å². The topological polar surface area (TPSA) is 102 Å². The lowest BCUT2D eigenvalue weighted by atomic mass is 9.94. The third-order valence-electron chi connectivity index (χ3n) is 3.58. The average Bonchev–Trinajstić information content (AvgIpc) is 2.40. The fraction of sp³-hybridized carbons (Fsp3) is 0.500. The Morgan fingerprint density at radius 3 is 2.95 bits per heavy atom. The van der Waals surface area contributed by atoms with Gasteiger partial charge in [0.2, 0.25) is 0 Å². The number of hydrogen-bond donors (Lipinski definition) is 1. The van der Waals surface area contributed by atoms with Gasteiger partial charge >= 0.3 is 0 Å². The van der Waals surface area contributed by atoms with E-state index >= 15 is 0 Å². The van der Waals surface area contributed by atoms with Gasteiger partial charge in [0.25, 0.3) is 11.6 Å². The first-order valence-electron chi connectivity index (χ1n) is 6.25.